The van der Waals surface area contributed by atoms with Gasteiger partial charge < -0.3 is 0 Å². The smallest absolute Gasteiger partial charge is 0.0169 e. The lowest BCUT2D eigenvalue weighted by Crippen LogP contribution is -2.17. The summed E-state index contributed by atoms with van der Waals surface area (Å²) < 4.78 is 0. The van der Waals surface area contributed by atoms with Crippen molar-refractivity contribution in [3.63, 3.8) is 0 Å². The molecule has 1 radical (unpaired) electrons. The van der Waals surface area contributed by atoms with Crippen molar-refractivity contribution in [2.24, 2.45) is 5.92 Å². The first kappa shape index (κ1) is 11.7. The quantitative estimate of drug-likeness (QED) is 0.677. The molecule has 2 rings (SSSR count). The minimum Gasteiger partial charge on any atom is -0.0648 e. The lowest BCUT2D eigenvalue weighted by molar-refractivity contribution is 0.354. The van der Waals surface area contributed by atoms with E-state index in [1.807, 2.05) is 0 Å². The Morgan fingerprint density at radius 3 is 2.38 bits per heavy atom. The third kappa shape index (κ3) is 3.10. The summed E-state index contributed by atoms with van der Waals surface area (Å²) in [7, 11) is 0. The molecule has 0 aliphatic heterocycles. The van der Waals surface area contributed by atoms with Gasteiger partial charge in [0.15, 0.2) is 0 Å². The van der Waals surface area contributed by atoms with Gasteiger partial charge >= 0.3 is 0 Å². The van der Waals surface area contributed by atoms with Crippen LogP contribution in [0.2, 0.25) is 0 Å². The number of benzene rings is 1. The largest absolute Gasteiger partial charge is 0.0648 e. The molecule has 0 saturated heterocycles. The van der Waals surface area contributed by atoms with Crippen molar-refractivity contribution < 1.29 is 0 Å². The summed E-state index contributed by atoms with van der Waals surface area (Å²) in [5, 5.41) is 0. The second kappa shape index (κ2) is 6.08. The van der Waals surface area contributed by atoms with Crippen molar-refractivity contribution in [3.05, 3.63) is 41.8 Å². The topological polar surface area (TPSA) is 0 Å². The van der Waals surface area contributed by atoms with Gasteiger partial charge in [0, 0.05) is 0 Å². The molecule has 87 valence electrons. The predicted octanol–water partition coefficient (Wildman–Crippen LogP) is 4.79. The summed E-state index contributed by atoms with van der Waals surface area (Å²) in [6.45, 7) is 2.33. The maximum Gasteiger partial charge on any atom is -0.0169 e. The van der Waals surface area contributed by atoms with E-state index in [1.165, 1.54) is 50.5 Å². The van der Waals surface area contributed by atoms with Gasteiger partial charge in [0.25, 0.3) is 0 Å². The van der Waals surface area contributed by atoms with E-state index in [-0.39, 0.29) is 0 Å². The zero-order chi connectivity index (χ0) is 11.2. The van der Waals surface area contributed by atoms with Gasteiger partial charge in [-0.1, -0.05) is 56.5 Å². The molecule has 1 aromatic rings. The summed E-state index contributed by atoms with van der Waals surface area (Å²) in [5.74, 6) is 2.70. The Morgan fingerprint density at radius 2 is 1.75 bits per heavy atom. The average molecular weight is 215 g/mol. The number of hydrogen-bond donors (Lipinski definition) is 0. The standard InChI is InChI=1S/C16H23/c1-2-15(16-11-7-4-8-12-16)13-14-9-5-3-6-10-14/h3,5-6,9-10,16H,2,4,7-8,11-13H2,1H3. The van der Waals surface area contributed by atoms with Gasteiger partial charge in [-0.25, -0.2) is 0 Å². The molecule has 0 heteroatoms. The van der Waals surface area contributed by atoms with Crippen LogP contribution in [-0.2, 0) is 6.42 Å². The molecule has 0 aromatic heterocycles. The van der Waals surface area contributed by atoms with Crippen LogP contribution in [0.5, 0.6) is 0 Å². The van der Waals surface area contributed by atoms with Crippen molar-refractivity contribution in [1.29, 1.82) is 0 Å². The van der Waals surface area contributed by atoms with Crippen molar-refractivity contribution in [2.75, 3.05) is 0 Å². The van der Waals surface area contributed by atoms with Gasteiger partial charge in [-0.2, -0.15) is 0 Å². The van der Waals surface area contributed by atoms with E-state index in [9.17, 15) is 0 Å². The predicted molar refractivity (Wildman–Crippen MR) is 70.3 cm³/mol. The van der Waals surface area contributed by atoms with E-state index in [2.05, 4.69) is 37.3 Å². The summed E-state index contributed by atoms with van der Waals surface area (Å²) in [6.07, 6.45) is 9.71. The molecule has 0 amide bonds. The summed E-state index contributed by atoms with van der Waals surface area (Å²) in [5.41, 5.74) is 1.49. The van der Waals surface area contributed by atoms with Crippen LogP contribution in [-0.4, -0.2) is 0 Å². The highest BCUT2D eigenvalue weighted by atomic mass is 14.3. The summed E-state index contributed by atoms with van der Waals surface area (Å²) in [4.78, 5) is 0. The molecule has 16 heavy (non-hydrogen) atoms. The Morgan fingerprint density at radius 1 is 1.06 bits per heavy atom. The van der Waals surface area contributed by atoms with Gasteiger partial charge in [0.2, 0.25) is 0 Å². The van der Waals surface area contributed by atoms with Gasteiger partial charge in [-0.05, 0) is 43.1 Å². The fourth-order valence-electron chi connectivity index (χ4n) is 2.93. The highest BCUT2D eigenvalue weighted by Gasteiger charge is 2.22. The molecule has 1 fully saturated rings. The van der Waals surface area contributed by atoms with E-state index in [1.54, 1.807) is 5.92 Å². The second-order valence-corrected chi connectivity index (χ2v) is 5.01. The highest BCUT2D eigenvalue weighted by molar-refractivity contribution is 5.20. The van der Waals surface area contributed by atoms with E-state index >= 15 is 0 Å². The molecule has 0 spiro atoms. The zero-order valence-electron chi connectivity index (χ0n) is 10.4. The van der Waals surface area contributed by atoms with Crippen molar-refractivity contribution in [2.45, 2.75) is 51.9 Å². The minimum absolute atomic E-state index is 0.916. The lowest BCUT2D eigenvalue weighted by Gasteiger charge is -2.29. The van der Waals surface area contributed by atoms with Gasteiger partial charge in [0.1, 0.15) is 0 Å². The molecule has 0 nitrogen and oxygen atoms in total. The van der Waals surface area contributed by atoms with Crippen LogP contribution in [0.3, 0.4) is 0 Å². The fourth-order valence-corrected chi connectivity index (χ4v) is 2.93. The third-order valence-corrected chi connectivity index (χ3v) is 3.91. The van der Waals surface area contributed by atoms with Crippen molar-refractivity contribution in [3.8, 4) is 0 Å². The zero-order valence-corrected chi connectivity index (χ0v) is 10.4. The van der Waals surface area contributed by atoms with Crippen LogP contribution in [0.1, 0.15) is 51.0 Å². The number of rotatable bonds is 4. The Kier molecular flexibility index (Phi) is 4.44. The normalized spacial score (nSPS) is 17.9. The molecular weight excluding hydrogens is 192 g/mol. The van der Waals surface area contributed by atoms with Gasteiger partial charge in [0.05, 0.1) is 0 Å². The van der Waals surface area contributed by atoms with Crippen molar-refractivity contribution in [1.82, 2.24) is 0 Å². The van der Waals surface area contributed by atoms with Crippen LogP contribution in [0.25, 0.3) is 0 Å². The van der Waals surface area contributed by atoms with E-state index in [0.717, 1.165) is 5.92 Å². The molecule has 0 atom stereocenters. The Balaban J connectivity index is 1.94. The van der Waals surface area contributed by atoms with Crippen LogP contribution in [0.4, 0.5) is 0 Å². The Bertz CT molecular complexity index is 282. The average Bonchev–Trinajstić information content (AvgIpc) is 2.38. The molecule has 1 aromatic carbocycles. The van der Waals surface area contributed by atoms with Gasteiger partial charge in [-0.3, -0.25) is 0 Å². The summed E-state index contributed by atoms with van der Waals surface area (Å²) in [6, 6.07) is 10.9. The Hall–Kier alpha value is -0.780. The molecule has 0 heterocycles. The molecule has 1 saturated carbocycles. The second-order valence-electron chi connectivity index (χ2n) is 5.01. The minimum atomic E-state index is 0.916. The van der Waals surface area contributed by atoms with Crippen LogP contribution < -0.4 is 0 Å². The first-order chi connectivity index (χ1) is 7.90. The summed E-state index contributed by atoms with van der Waals surface area (Å²) >= 11 is 0. The molecule has 1 aliphatic carbocycles. The third-order valence-electron chi connectivity index (χ3n) is 3.91. The maximum atomic E-state index is 2.33. The van der Waals surface area contributed by atoms with E-state index < -0.39 is 0 Å². The number of hydrogen-bond acceptors (Lipinski definition) is 0. The molecule has 1 aliphatic rings. The van der Waals surface area contributed by atoms with Crippen molar-refractivity contribution >= 4 is 0 Å². The van der Waals surface area contributed by atoms with Gasteiger partial charge in [-0.15, -0.1) is 0 Å². The molecular formula is C16H23. The first-order valence-electron chi connectivity index (χ1n) is 6.78. The monoisotopic (exact) mass is 215 g/mol. The Labute approximate surface area is 100 Å². The maximum absolute atomic E-state index is 2.33. The molecule has 0 bridgehead atoms. The van der Waals surface area contributed by atoms with E-state index in [0.29, 0.717) is 0 Å². The SMILES string of the molecule is CC[C](Cc1ccccc1)C1CCCCC1. The lowest BCUT2D eigenvalue weighted by atomic mass is 9.76. The fraction of sp³-hybridized carbons (Fsp3) is 0.562. The molecule has 0 N–H and O–H groups in total. The van der Waals surface area contributed by atoms with E-state index in [4.69, 9.17) is 0 Å². The van der Waals surface area contributed by atoms with Crippen LogP contribution in [0, 0.1) is 11.8 Å². The van der Waals surface area contributed by atoms with Crippen LogP contribution in [0.15, 0.2) is 30.3 Å². The molecule has 0 unspecified atom stereocenters. The van der Waals surface area contributed by atoms with Crippen LogP contribution >= 0.6 is 0 Å². The first-order valence-corrected chi connectivity index (χ1v) is 6.78. The highest BCUT2D eigenvalue weighted by Crippen LogP contribution is 2.34.